The molecule has 0 aliphatic carbocycles. The standard InChI is InChI=1S/C21H25N3O3/c1-14-10-15(2)20(16(3)11-14)22-21(25)24-8-6-23(7-9-24)17-4-5-18-19(12-17)27-13-26-18/h4-5,10-12H,6-9,13H2,1-3H3,(H,22,25). The van der Waals surface area contributed by atoms with Crippen LogP contribution in [0.4, 0.5) is 16.2 Å². The van der Waals surface area contributed by atoms with Crippen LogP contribution in [0.3, 0.4) is 0 Å². The molecule has 0 saturated carbocycles. The summed E-state index contributed by atoms with van der Waals surface area (Å²) in [4.78, 5) is 16.9. The molecule has 4 rings (SSSR count). The van der Waals surface area contributed by atoms with Crippen molar-refractivity contribution in [3.05, 3.63) is 47.0 Å². The number of urea groups is 1. The summed E-state index contributed by atoms with van der Waals surface area (Å²) in [5.41, 5.74) is 5.42. The van der Waals surface area contributed by atoms with E-state index in [0.717, 1.165) is 47.1 Å². The number of carbonyl (C=O) groups is 1. The Balaban J connectivity index is 1.38. The van der Waals surface area contributed by atoms with E-state index < -0.39 is 0 Å². The minimum absolute atomic E-state index is 0.0320. The molecule has 2 aromatic rings. The lowest BCUT2D eigenvalue weighted by Crippen LogP contribution is -2.50. The molecule has 2 aromatic carbocycles. The maximum atomic E-state index is 12.7. The van der Waals surface area contributed by atoms with E-state index in [1.165, 1.54) is 5.56 Å². The molecule has 2 aliphatic heterocycles. The van der Waals surface area contributed by atoms with Gasteiger partial charge in [0.25, 0.3) is 0 Å². The van der Waals surface area contributed by atoms with E-state index in [9.17, 15) is 4.79 Å². The minimum Gasteiger partial charge on any atom is -0.454 e. The van der Waals surface area contributed by atoms with Crippen LogP contribution in [0.25, 0.3) is 0 Å². The largest absolute Gasteiger partial charge is 0.454 e. The van der Waals surface area contributed by atoms with Crippen LogP contribution in [-0.4, -0.2) is 43.9 Å². The number of hydrogen-bond acceptors (Lipinski definition) is 4. The Kier molecular flexibility index (Phi) is 4.56. The molecular formula is C21H25N3O3. The summed E-state index contributed by atoms with van der Waals surface area (Å²) < 4.78 is 10.8. The Hall–Kier alpha value is -2.89. The van der Waals surface area contributed by atoms with E-state index in [-0.39, 0.29) is 12.8 Å². The fourth-order valence-corrected chi connectivity index (χ4v) is 3.81. The monoisotopic (exact) mass is 367 g/mol. The zero-order valence-corrected chi connectivity index (χ0v) is 16.0. The number of hydrogen-bond donors (Lipinski definition) is 1. The highest BCUT2D eigenvalue weighted by Gasteiger charge is 2.23. The molecule has 27 heavy (non-hydrogen) atoms. The van der Waals surface area contributed by atoms with Crippen molar-refractivity contribution in [2.24, 2.45) is 0 Å². The lowest BCUT2D eigenvalue weighted by molar-refractivity contribution is 0.174. The third kappa shape index (κ3) is 3.52. The van der Waals surface area contributed by atoms with Crippen molar-refractivity contribution in [1.82, 2.24) is 4.90 Å². The number of benzene rings is 2. The smallest absolute Gasteiger partial charge is 0.321 e. The van der Waals surface area contributed by atoms with Crippen LogP contribution in [0.5, 0.6) is 11.5 Å². The van der Waals surface area contributed by atoms with Crippen LogP contribution < -0.4 is 19.7 Å². The van der Waals surface area contributed by atoms with Gasteiger partial charge in [0, 0.05) is 43.6 Å². The van der Waals surface area contributed by atoms with Gasteiger partial charge in [-0.05, 0) is 44.0 Å². The molecule has 2 heterocycles. The molecule has 0 radical (unpaired) electrons. The van der Waals surface area contributed by atoms with Gasteiger partial charge in [-0.15, -0.1) is 0 Å². The van der Waals surface area contributed by atoms with E-state index in [1.807, 2.05) is 36.9 Å². The molecule has 1 saturated heterocycles. The predicted molar refractivity (Wildman–Crippen MR) is 106 cm³/mol. The topological polar surface area (TPSA) is 54.0 Å². The Morgan fingerprint density at radius 2 is 1.59 bits per heavy atom. The summed E-state index contributed by atoms with van der Waals surface area (Å²) in [6.45, 7) is 9.37. The lowest BCUT2D eigenvalue weighted by Gasteiger charge is -2.36. The quantitative estimate of drug-likeness (QED) is 0.879. The van der Waals surface area contributed by atoms with Gasteiger partial charge in [-0.2, -0.15) is 0 Å². The summed E-state index contributed by atoms with van der Waals surface area (Å²) in [7, 11) is 0. The van der Waals surface area contributed by atoms with E-state index in [0.29, 0.717) is 13.1 Å². The van der Waals surface area contributed by atoms with Gasteiger partial charge in [0.1, 0.15) is 0 Å². The highest BCUT2D eigenvalue weighted by molar-refractivity contribution is 5.91. The maximum Gasteiger partial charge on any atom is 0.321 e. The molecule has 6 nitrogen and oxygen atoms in total. The normalized spacial score (nSPS) is 15.8. The second kappa shape index (κ2) is 7.02. The van der Waals surface area contributed by atoms with Crippen LogP contribution in [0.1, 0.15) is 16.7 Å². The van der Waals surface area contributed by atoms with Gasteiger partial charge in [-0.25, -0.2) is 4.79 Å². The Morgan fingerprint density at radius 1 is 0.926 bits per heavy atom. The van der Waals surface area contributed by atoms with Crippen molar-refractivity contribution in [3.63, 3.8) is 0 Å². The number of rotatable bonds is 2. The molecule has 0 spiro atoms. The first-order valence-corrected chi connectivity index (χ1v) is 9.29. The van der Waals surface area contributed by atoms with Gasteiger partial charge in [0.15, 0.2) is 11.5 Å². The van der Waals surface area contributed by atoms with Crippen molar-refractivity contribution < 1.29 is 14.3 Å². The SMILES string of the molecule is Cc1cc(C)c(NC(=O)N2CCN(c3ccc4c(c3)OCO4)CC2)c(C)c1. The molecule has 0 atom stereocenters. The fourth-order valence-electron chi connectivity index (χ4n) is 3.81. The van der Waals surface area contributed by atoms with E-state index in [4.69, 9.17) is 9.47 Å². The fraction of sp³-hybridized carbons (Fsp3) is 0.381. The Labute approximate surface area is 159 Å². The molecule has 1 N–H and O–H groups in total. The van der Waals surface area contributed by atoms with E-state index in [1.54, 1.807) is 0 Å². The third-order valence-electron chi connectivity index (χ3n) is 5.20. The molecule has 0 aromatic heterocycles. The van der Waals surface area contributed by atoms with Gasteiger partial charge < -0.3 is 24.6 Å². The van der Waals surface area contributed by atoms with Gasteiger partial charge in [0.05, 0.1) is 0 Å². The summed E-state index contributed by atoms with van der Waals surface area (Å²) in [6.07, 6.45) is 0. The second-order valence-corrected chi connectivity index (χ2v) is 7.22. The molecule has 1 fully saturated rings. The summed E-state index contributed by atoms with van der Waals surface area (Å²) in [5.74, 6) is 1.58. The molecule has 142 valence electrons. The minimum atomic E-state index is -0.0320. The Morgan fingerprint density at radius 3 is 2.30 bits per heavy atom. The highest BCUT2D eigenvalue weighted by atomic mass is 16.7. The first-order valence-electron chi connectivity index (χ1n) is 9.29. The third-order valence-corrected chi connectivity index (χ3v) is 5.20. The number of fused-ring (bicyclic) bond motifs is 1. The van der Waals surface area contributed by atoms with Crippen molar-refractivity contribution in [2.45, 2.75) is 20.8 Å². The predicted octanol–water partition coefficient (Wildman–Crippen LogP) is 3.69. The maximum absolute atomic E-state index is 12.7. The number of piperazine rings is 1. The van der Waals surface area contributed by atoms with Crippen LogP contribution >= 0.6 is 0 Å². The van der Waals surface area contributed by atoms with Gasteiger partial charge in [0.2, 0.25) is 6.79 Å². The molecule has 6 heteroatoms. The van der Waals surface area contributed by atoms with Crippen molar-refractivity contribution in [3.8, 4) is 11.5 Å². The van der Waals surface area contributed by atoms with Crippen LogP contribution in [0.2, 0.25) is 0 Å². The average Bonchev–Trinajstić information content (AvgIpc) is 3.12. The number of ether oxygens (including phenoxy) is 2. The number of nitrogens with zero attached hydrogens (tertiary/aromatic N) is 2. The van der Waals surface area contributed by atoms with Crippen LogP contribution in [0, 0.1) is 20.8 Å². The zero-order valence-electron chi connectivity index (χ0n) is 16.0. The molecule has 0 bridgehead atoms. The number of nitrogens with one attached hydrogen (secondary N) is 1. The Bertz CT molecular complexity index is 850. The molecule has 2 aliphatic rings. The zero-order chi connectivity index (χ0) is 19.0. The lowest BCUT2D eigenvalue weighted by atomic mass is 10.1. The second-order valence-electron chi connectivity index (χ2n) is 7.22. The first kappa shape index (κ1) is 17.5. The molecular weight excluding hydrogens is 342 g/mol. The molecule has 2 amide bonds. The number of anilines is 2. The number of carbonyl (C=O) groups excluding carboxylic acids is 1. The van der Waals surface area contributed by atoms with Crippen molar-refractivity contribution in [1.29, 1.82) is 0 Å². The van der Waals surface area contributed by atoms with Crippen LogP contribution in [0.15, 0.2) is 30.3 Å². The van der Waals surface area contributed by atoms with Gasteiger partial charge >= 0.3 is 6.03 Å². The van der Waals surface area contributed by atoms with Gasteiger partial charge in [-0.3, -0.25) is 0 Å². The first-order chi connectivity index (χ1) is 13.0. The summed E-state index contributed by atoms with van der Waals surface area (Å²) in [5, 5.41) is 3.10. The van der Waals surface area contributed by atoms with Crippen molar-refractivity contribution in [2.75, 3.05) is 43.2 Å². The van der Waals surface area contributed by atoms with Gasteiger partial charge in [-0.1, -0.05) is 17.7 Å². The van der Waals surface area contributed by atoms with E-state index in [2.05, 4.69) is 29.3 Å². The van der Waals surface area contributed by atoms with Crippen LogP contribution in [-0.2, 0) is 0 Å². The highest BCUT2D eigenvalue weighted by Crippen LogP contribution is 2.35. The molecule has 0 unspecified atom stereocenters. The summed E-state index contributed by atoms with van der Waals surface area (Å²) in [6, 6.07) is 10.2. The number of amides is 2. The van der Waals surface area contributed by atoms with Crippen molar-refractivity contribution >= 4 is 17.4 Å². The van der Waals surface area contributed by atoms with E-state index >= 15 is 0 Å². The number of aryl methyl sites for hydroxylation is 3. The summed E-state index contributed by atoms with van der Waals surface area (Å²) >= 11 is 0. The average molecular weight is 367 g/mol.